The molecule has 1 saturated heterocycles. The molecule has 0 radical (unpaired) electrons. The third kappa shape index (κ3) is 7.39. The Morgan fingerprint density at radius 2 is 1.47 bits per heavy atom. The number of piperazine rings is 1. The number of hydroxylamine groups is 3. The van der Waals surface area contributed by atoms with Gasteiger partial charge in [-0.3, -0.25) is 9.69 Å². The quantitative estimate of drug-likeness (QED) is 0.141. The lowest BCUT2D eigenvalue weighted by molar-refractivity contribution is -0.844. The van der Waals surface area contributed by atoms with Gasteiger partial charge in [-0.05, 0) is 76.2 Å². The Bertz CT molecular complexity index is 1400. The van der Waals surface area contributed by atoms with E-state index in [1.165, 1.54) is 25.8 Å². The molecule has 1 aliphatic rings. The predicted molar refractivity (Wildman–Crippen MR) is 155 cm³/mol. The van der Waals surface area contributed by atoms with Gasteiger partial charge < -0.3 is 14.8 Å². The van der Waals surface area contributed by atoms with Crippen molar-refractivity contribution in [2.45, 2.75) is 45.5 Å². The fraction of sp³-hybridized carbons (Fsp3) is 0.406. The number of allylic oxidation sites excluding steroid dienone is 3. The van der Waals surface area contributed by atoms with E-state index in [-0.39, 0.29) is 24.9 Å². The van der Waals surface area contributed by atoms with Crippen LogP contribution >= 0.6 is 0 Å². The van der Waals surface area contributed by atoms with Crippen molar-refractivity contribution in [1.29, 1.82) is 0 Å². The fourth-order valence-electron chi connectivity index (χ4n) is 5.12. The van der Waals surface area contributed by atoms with Crippen molar-refractivity contribution in [2.24, 2.45) is 0 Å². The zero-order valence-corrected chi connectivity index (χ0v) is 25.2. The number of carbonyl (C=O) groups excluding carboxylic acids is 1. The second kappa shape index (κ2) is 12.3. The van der Waals surface area contributed by atoms with Crippen molar-refractivity contribution in [3.63, 3.8) is 0 Å². The minimum absolute atomic E-state index is 0.0375. The molecule has 0 atom stereocenters. The van der Waals surface area contributed by atoms with E-state index in [9.17, 15) is 36.3 Å². The van der Waals surface area contributed by atoms with E-state index in [0.29, 0.717) is 42.1 Å². The first-order valence-electron chi connectivity index (χ1n) is 13.7. The van der Waals surface area contributed by atoms with Crippen molar-refractivity contribution in [3.05, 3.63) is 106 Å². The summed E-state index contributed by atoms with van der Waals surface area (Å²) in [6, 6.07) is 8.47. The summed E-state index contributed by atoms with van der Waals surface area (Å²) >= 11 is 0. The van der Waals surface area contributed by atoms with E-state index in [4.69, 9.17) is 0 Å². The summed E-state index contributed by atoms with van der Waals surface area (Å²) in [5.74, 6) is -0.747. The van der Waals surface area contributed by atoms with Crippen LogP contribution in [0.1, 0.15) is 48.6 Å². The monoisotopic (exact) mass is 609 g/mol. The van der Waals surface area contributed by atoms with Gasteiger partial charge >= 0.3 is 12.4 Å². The number of hydrogen-bond donors (Lipinski definition) is 0. The van der Waals surface area contributed by atoms with Crippen LogP contribution in [0.4, 0.5) is 26.3 Å². The maximum absolute atomic E-state index is 14.0. The molecule has 1 aliphatic heterocycles. The van der Waals surface area contributed by atoms with Gasteiger partial charge in [0.1, 0.15) is 5.70 Å². The summed E-state index contributed by atoms with van der Waals surface area (Å²) in [7, 11) is 3.33. The highest BCUT2D eigenvalue weighted by Crippen LogP contribution is 2.40. The third-order valence-electron chi connectivity index (χ3n) is 8.01. The van der Waals surface area contributed by atoms with Gasteiger partial charge in [0.05, 0.1) is 29.6 Å². The molecular weight excluding hydrogens is 572 g/mol. The number of rotatable bonds is 7. The highest BCUT2D eigenvalue weighted by molar-refractivity contribution is 5.93. The number of likely N-dealkylation sites (N-methyl/N-ethyl adjacent to an activating group) is 2. The molecule has 1 amide bonds. The van der Waals surface area contributed by atoms with Crippen LogP contribution in [0.15, 0.2) is 72.6 Å². The highest BCUT2D eigenvalue weighted by atomic mass is 19.4. The number of quaternary nitrogens is 1. The van der Waals surface area contributed by atoms with Crippen LogP contribution in [0, 0.1) is 12.1 Å². The normalized spacial score (nSPS) is 17.1. The van der Waals surface area contributed by atoms with E-state index in [1.54, 1.807) is 25.1 Å². The summed E-state index contributed by atoms with van der Waals surface area (Å²) in [4.78, 5) is 17.2. The number of halogens is 6. The van der Waals surface area contributed by atoms with Gasteiger partial charge in [0.2, 0.25) is 5.91 Å². The maximum atomic E-state index is 14.0. The topological polar surface area (TPSA) is 46.6 Å². The second-order valence-corrected chi connectivity index (χ2v) is 11.5. The van der Waals surface area contributed by atoms with Crippen LogP contribution in [0.5, 0.6) is 0 Å². The smallest absolute Gasteiger partial charge is 0.416 e. The lowest BCUT2D eigenvalue weighted by atomic mass is 9.81. The average molecular weight is 610 g/mol. The molecule has 0 unspecified atom stereocenters. The minimum atomic E-state index is -5.06. The number of nitrogens with zero attached hydrogens (tertiary/aromatic N) is 3. The lowest BCUT2D eigenvalue weighted by Crippen LogP contribution is -2.53. The van der Waals surface area contributed by atoms with Crippen molar-refractivity contribution in [2.75, 3.05) is 40.3 Å². The molecular formula is C32H37F6N3O2. The van der Waals surface area contributed by atoms with Crippen LogP contribution in [0.25, 0.3) is 5.57 Å². The first-order chi connectivity index (χ1) is 19.7. The summed E-state index contributed by atoms with van der Waals surface area (Å²) in [5.41, 5.74) is -2.67. The molecule has 5 nitrogen and oxygen atoms in total. The van der Waals surface area contributed by atoms with E-state index in [2.05, 4.69) is 6.58 Å². The van der Waals surface area contributed by atoms with Gasteiger partial charge in [0.15, 0.2) is 0 Å². The molecule has 0 saturated carbocycles. The Labute approximate surface area is 248 Å². The molecule has 0 bridgehead atoms. The van der Waals surface area contributed by atoms with Crippen LogP contribution in [-0.4, -0.2) is 60.6 Å². The van der Waals surface area contributed by atoms with Gasteiger partial charge in [-0.2, -0.15) is 26.3 Å². The fourth-order valence-corrected chi connectivity index (χ4v) is 5.12. The molecule has 2 aromatic rings. The zero-order chi connectivity index (χ0) is 32.5. The third-order valence-corrected chi connectivity index (χ3v) is 8.01. The van der Waals surface area contributed by atoms with Crippen LogP contribution < -0.4 is 0 Å². The summed E-state index contributed by atoms with van der Waals surface area (Å²) in [5, 5.41) is 13.7. The Kier molecular flexibility index (Phi) is 9.75. The van der Waals surface area contributed by atoms with Gasteiger partial charge in [0, 0.05) is 37.5 Å². The Morgan fingerprint density at radius 3 is 1.93 bits per heavy atom. The van der Waals surface area contributed by atoms with E-state index >= 15 is 0 Å². The molecule has 0 aliphatic carbocycles. The SMILES string of the molecule is C=C(/C=C(\C(=C/C)N(C)C(=O)C(C)(C)c1cc(C(F)(F)F)cc(C(F)(F)F)c1)c1ccccc1C)[N+]1([O-])CCN(C)CC1. The summed E-state index contributed by atoms with van der Waals surface area (Å²) in [6.07, 6.45) is -6.88. The molecule has 3 rings (SSSR count). The molecule has 234 valence electrons. The number of carbonyl (C=O) groups is 1. The Hall–Kier alpha value is -3.41. The molecule has 0 spiro atoms. The first-order valence-corrected chi connectivity index (χ1v) is 13.7. The molecule has 43 heavy (non-hydrogen) atoms. The minimum Gasteiger partial charge on any atom is -0.627 e. The van der Waals surface area contributed by atoms with E-state index < -0.39 is 45.0 Å². The van der Waals surface area contributed by atoms with Crippen molar-refractivity contribution in [1.82, 2.24) is 9.80 Å². The highest BCUT2D eigenvalue weighted by Gasteiger charge is 2.41. The van der Waals surface area contributed by atoms with Crippen LogP contribution in [-0.2, 0) is 22.6 Å². The van der Waals surface area contributed by atoms with Gasteiger partial charge in [-0.1, -0.05) is 30.3 Å². The van der Waals surface area contributed by atoms with Crippen molar-refractivity contribution < 1.29 is 35.8 Å². The predicted octanol–water partition coefficient (Wildman–Crippen LogP) is 7.53. The summed E-state index contributed by atoms with van der Waals surface area (Å²) < 4.78 is 81.0. The number of amides is 1. The molecule has 11 heteroatoms. The molecule has 1 heterocycles. The Balaban J connectivity index is 2.12. The van der Waals surface area contributed by atoms with Gasteiger partial charge in [-0.15, -0.1) is 0 Å². The lowest BCUT2D eigenvalue weighted by Gasteiger charge is -2.47. The van der Waals surface area contributed by atoms with E-state index in [1.807, 2.05) is 37.1 Å². The maximum Gasteiger partial charge on any atom is 0.416 e. The molecule has 1 fully saturated rings. The first kappa shape index (κ1) is 34.1. The van der Waals surface area contributed by atoms with E-state index in [0.717, 1.165) is 5.56 Å². The standard InChI is InChI=1S/C32H37F6N3O2/c1-8-28(27(26-12-10-9-11-21(26)2)17-22(3)41(43)15-13-39(6)14-16-41)40(7)29(42)30(4,5)23-18-24(31(33,34)35)20-25(19-23)32(36,37)38/h8-12,17-20H,3,13-16H2,1-2,4-7H3/b27-17-,28-8+. The van der Waals surface area contributed by atoms with Crippen molar-refractivity contribution >= 4 is 11.5 Å². The molecule has 0 aromatic heterocycles. The van der Waals surface area contributed by atoms with Crippen LogP contribution in [0.2, 0.25) is 0 Å². The second-order valence-electron chi connectivity index (χ2n) is 11.5. The molecule has 2 aromatic carbocycles. The van der Waals surface area contributed by atoms with Gasteiger partial charge in [-0.25, -0.2) is 0 Å². The average Bonchev–Trinajstić information content (AvgIpc) is 2.93. The number of hydrogen-bond acceptors (Lipinski definition) is 3. The van der Waals surface area contributed by atoms with Crippen molar-refractivity contribution in [3.8, 4) is 0 Å². The number of alkyl halides is 6. The molecule has 0 N–H and O–H groups in total. The largest absolute Gasteiger partial charge is 0.627 e. The van der Waals surface area contributed by atoms with Crippen LogP contribution in [0.3, 0.4) is 0 Å². The van der Waals surface area contributed by atoms with Gasteiger partial charge in [0.25, 0.3) is 0 Å². The zero-order valence-electron chi connectivity index (χ0n) is 25.2. The Morgan fingerprint density at radius 1 is 0.977 bits per heavy atom. The number of benzene rings is 2. The summed E-state index contributed by atoms with van der Waals surface area (Å²) in [6.45, 7) is 11.8. The number of aryl methyl sites for hydroxylation is 1.